The molecule has 0 bridgehead atoms. The smallest absolute Gasteiger partial charge is 0.220 e. The van der Waals surface area contributed by atoms with E-state index in [0.717, 1.165) is 45.6 Å². The van der Waals surface area contributed by atoms with Gasteiger partial charge in [-0.05, 0) is 38.8 Å². The third-order valence-corrected chi connectivity index (χ3v) is 5.42. The molecular weight excluding hydrogens is 383 g/mol. The summed E-state index contributed by atoms with van der Waals surface area (Å²) in [7, 11) is 2.17. The highest BCUT2D eigenvalue weighted by atomic mass is 35.5. The minimum absolute atomic E-state index is 0. The molecule has 1 saturated heterocycles. The minimum Gasteiger partial charge on any atom is -0.352 e. The molecule has 0 aromatic heterocycles. The van der Waals surface area contributed by atoms with Crippen molar-refractivity contribution in [1.29, 1.82) is 0 Å². The van der Waals surface area contributed by atoms with E-state index in [-0.39, 0.29) is 54.6 Å². The first-order valence-corrected chi connectivity index (χ1v) is 8.93. The molecule has 2 aliphatic rings. The molecule has 1 unspecified atom stereocenters. The lowest BCUT2D eigenvalue weighted by atomic mass is 9.71. The van der Waals surface area contributed by atoms with Crippen molar-refractivity contribution in [1.82, 2.24) is 15.1 Å². The Balaban J connectivity index is 0. The van der Waals surface area contributed by atoms with Gasteiger partial charge in [-0.3, -0.25) is 9.69 Å². The van der Waals surface area contributed by atoms with Crippen molar-refractivity contribution in [3.63, 3.8) is 0 Å². The molecule has 5 nitrogen and oxygen atoms in total. The molecule has 1 amide bonds. The number of amides is 1. The molecule has 2 fully saturated rings. The SMILES string of the molecule is CC(CN1CCN(C)CC1)NC(=O)CC1(CN)CCCCC1.Cl.Cl.Cl. The molecule has 152 valence electrons. The first kappa shape index (κ1) is 27.4. The summed E-state index contributed by atoms with van der Waals surface area (Å²) in [5.74, 6) is 0.189. The number of carbonyl (C=O) groups is 1. The normalized spacial score (nSPS) is 21.9. The molecule has 25 heavy (non-hydrogen) atoms. The summed E-state index contributed by atoms with van der Waals surface area (Å²) >= 11 is 0. The summed E-state index contributed by atoms with van der Waals surface area (Å²) in [6.07, 6.45) is 6.58. The number of nitrogens with zero attached hydrogens (tertiary/aromatic N) is 2. The predicted octanol–water partition coefficient (Wildman–Crippen LogP) is 2.30. The van der Waals surface area contributed by atoms with Crippen LogP contribution in [0.5, 0.6) is 0 Å². The fourth-order valence-corrected chi connectivity index (χ4v) is 3.88. The lowest BCUT2D eigenvalue weighted by Crippen LogP contribution is -2.50. The molecule has 1 atom stereocenters. The molecule has 1 aliphatic carbocycles. The zero-order chi connectivity index (χ0) is 16.0. The van der Waals surface area contributed by atoms with E-state index in [4.69, 9.17) is 5.73 Å². The zero-order valence-electron chi connectivity index (χ0n) is 15.7. The predicted molar refractivity (Wildman–Crippen MR) is 112 cm³/mol. The number of hydrogen-bond donors (Lipinski definition) is 2. The molecule has 1 aliphatic heterocycles. The van der Waals surface area contributed by atoms with Crippen LogP contribution in [0.1, 0.15) is 45.4 Å². The van der Waals surface area contributed by atoms with Crippen molar-refractivity contribution >= 4 is 43.1 Å². The number of piperazine rings is 1. The van der Waals surface area contributed by atoms with E-state index in [1.165, 1.54) is 19.3 Å². The Hall–Kier alpha value is 0.220. The molecule has 0 radical (unpaired) electrons. The maximum atomic E-state index is 12.4. The van der Waals surface area contributed by atoms with Gasteiger partial charge in [0.1, 0.15) is 0 Å². The highest BCUT2D eigenvalue weighted by molar-refractivity contribution is 5.86. The van der Waals surface area contributed by atoms with E-state index in [0.29, 0.717) is 13.0 Å². The number of halogens is 3. The Morgan fingerprint density at radius 3 is 2.16 bits per heavy atom. The second kappa shape index (κ2) is 13.4. The third-order valence-electron chi connectivity index (χ3n) is 5.42. The van der Waals surface area contributed by atoms with Crippen LogP contribution in [0.4, 0.5) is 0 Å². The molecule has 1 heterocycles. The molecular formula is C17H37Cl3N4O. The maximum Gasteiger partial charge on any atom is 0.220 e. The van der Waals surface area contributed by atoms with Crippen molar-refractivity contribution in [2.24, 2.45) is 11.1 Å². The van der Waals surface area contributed by atoms with E-state index in [2.05, 4.69) is 29.1 Å². The molecule has 2 rings (SSSR count). The molecule has 0 aromatic rings. The Morgan fingerprint density at radius 2 is 1.64 bits per heavy atom. The van der Waals surface area contributed by atoms with Crippen LogP contribution in [-0.4, -0.2) is 68.1 Å². The second-order valence-electron chi connectivity index (χ2n) is 7.51. The average molecular weight is 420 g/mol. The van der Waals surface area contributed by atoms with Crippen LogP contribution in [-0.2, 0) is 4.79 Å². The Kier molecular flexibility index (Phi) is 14.7. The summed E-state index contributed by atoms with van der Waals surface area (Å²) in [6.45, 7) is 8.16. The van der Waals surface area contributed by atoms with Crippen LogP contribution in [0.2, 0.25) is 0 Å². The summed E-state index contributed by atoms with van der Waals surface area (Å²) in [5, 5.41) is 3.20. The minimum atomic E-state index is 0. The monoisotopic (exact) mass is 418 g/mol. The topological polar surface area (TPSA) is 61.6 Å². The standard InChI is InChI=1S/C17H34N4O.3ClH/c1-15(13-21-10-8-20(2)9-11-21)19-16(22)12-17(14-18)6-4-3-5-7-17;;;/h15H,3-14,18H2,1-2H3,(H,19,22);3*1H. The summed E-state index contributed by atoms with van der Waals surface area (Å²) in [6, 6.07) is 0.217. The molecule has 0 aromatic carbocycles. The van der Waals surface area contributed by atoms with Crippen LogP contribution in [0, 0.1) is 5.41 Å². The van der Waals surface area contributed by atoms with Gasteiger partial charge in [0.05, 0.1) is 0 Å². The van der Waals surface area contributed by atoms with E-state index >= 15 is 0 Å². The van der Waals surface area contributed by atoms with Gasteiger partial charge in [-0.2, -0.15) is 0 Å². The highest BCUT2D eigenvalue weighted by Gasteiger charge is 2.33. The van der Waals surface area contributed by atoms with Crippen molar-refractivity contribution in [2.45, 2.75) is 51.5 Å². The van der Waals surface area contributed by atoms with Crippen LogP contribution in [0.15, 0.2) is 0 Å². The largest absolute Gasteiger partial charge is 0.352 e. The number of rotatable bonds is 6. The fourth-order valence-electron chi connectivity index (χ4n) is 3.88. The first-order valence-electron chi connectivity index (χ1n) is 8.93. The van der Waals surface area contributed by atoms with E-state index in [9.17, 15) is 4.79 Å². The van der Waals surface area contributed by atoms with Crippen LogP contribution in [0.3, 0.4) is 0 Å². The molecule has 1 saturated carbocycles. The Bertz CT molecular complexity index is 360. The van der Waals surface area contributed by atoms with E-state index in [1.807, 2.05) is 0 Å². The zero-order valence-corrected chi connectivity index (χ0v) is 18.1. The average Bonchev–Trinajstić information content (AvgIpc) is 2.50. The summed E-state index contributed by atoms with van der Waals surface area (Å²) < 4.78 is 0. The van der Waals surface area contributed by atoms with E-state index < -0.39 is 0 Å². The highest BCUT2D eigenvalue weighted by Crippen LogP contribution is 2.38. The quantitative estimate of drug-likeness (QED) is 0.693. The molecule has 3 N–H and O–H groups in total. The van der Waals surface area contributed by atoms with Gasteiger partial charge in [-0.25, -0.2) is 0 Å². The molecule has 8 heteroatoms. The molecule has 0 spiro atoms. The van der Waals surface area contributed by atoms with Gasteiger partial charge in [0.2, 0.25) is 5.91 Å². The van der Waals surface area contributed by atoms with Crippen molar-refractivity contribution < 1.29 is 4.79 Å². The number of nitrogens with two attached hydrogens (primary N) is 1. The summed E-state index contributed by atoms with van der Waals surface area (Å²) in [5.41, 5.74) is 6.05. The lowest BCUT2D eigenvalue weighted by Gasteiger charge is -2.37. The maximum absolute atomic E-state index is 12.4. The fraction of sp³-hybridized carbons (Fsp3) is 0.941. The van der Waals surface area contributed by atoms with Gasteiger partial charge in [0.25, 0.3) is 0 Å². The van der Waals surface area contributed by atoms with Crippen molar-refractivity contribution in [3.8, 4) is 0 Å². The van der Waals surface area contributed by atoms with Crippen LogP contribution < -0.4 is 11.1 Å². The third kappa shape index (κ3) is 9.12. The van der Waals surface area contributed by atoms with Gasteiger partial charge < -0.3 is 16.0 Å². The number of nitrogens with one attached hydrogen (secondary N) is 1. The van der Waals surface area contributed by atoms with Gasteiger partial charge in [-0.1, -0.05) is 19.3 Å². The van der Waals surface area contributed by atoms with E-state index in [1.54, 1.807) is 0 Å². The first-order chi connectivity index (χ1) is 10.5. The lowest BCUT2D eigenvalue weighted by molar-refractivity contribution is -0.124. The Labute approximate surface area is 172 Å². The summed E-state index contributed by atoms with van der Waals surface area (Å²) in [4.78, 5) is 17.2. The van der Waals surface area contributed by atoms with Crippen molar-refractivity contribution in [2.75, 3.05) is 46.3 Å². The van der Waals surface area contributed by atoms with Gasteiger partial charge in [0, 0.05) is 45.2 Å². The van der Waals surface area contributed by atoms with Crippen LogP contribution in [0.25, 0.3) is 0 Å². The second-order valence-corrected chi connectivity index (χ2v) is 7.51. The van der Waals surface area contributed by atoms with Gasteiger partial charge >= 0.3 is 0 Å². The van der Waals surface area contributed by atoms with Crippen LogP contribution >= 0.6 is 37.2 Å². The number of carbonyl (C=O) groups excluding carboxylic acids is 1. The van der Waals surface area contributed by atoms with Gasteiger partial charge in [0.15, 0.2) is 0 Å². The Morgan fingerprint density at radius 1 is 1.08 bits per heavy atom. The number of likely N-dealkylation sites (N-methyl/N-ethyl adjacent to an activating group) is 1. The van der Waals surface area contributed by atoms with Gasteiger partial charge in [-0.15, -0.1) is 37.2 Å². The number of hydrogen-bond acceptors (Lipinski definition) is 4. The van der Waals surface area contributed by atoms with Crippen molar-refractivity contribution in [3.05, 3.63) is 0 Å².